The molecule has 0 radical (unpaired) electrons. The zero-order chi connectivity index (χ0) is 14.0. The molecule has 3 nitrogen and oxygen atoms in total. The third-order valence-corrected chi connectivity index (χ3v) is 1.24. The molecule has 0 aliphatic rings. The summed E-state index contributed by atoms with van der Waals surface area (Å²) in [6.45, 7) is 21.8. The van der Waals surface area contributed by atoms with Crippen molar-refractivity contribution in [1.29, 1.82) is 0 Å². The summed E-state index contributed by atoms with van der Waals surface area (Å²) in [5, 5.41) is 0. The van der Waals surface area contributed by atoms with Gasteiger partial charge in [0.2, 0.25) is 0 Å². The minimum absolute atomic E-state index is 0. The van der Waals surface area contributed by atoms with Gasteiger partial charge in [-0.2, -0.15) is 0 Å². The summed E-state index contributed by atoms with van der Waals surface area (Å²) in [7, 11) is 0. The summed E-state index contributed by atoms with van der Waals surface area (Å²) in [5.74, 6) is 0. The molecule has 94 valence electrons. The van der Waals surface area contributed by atoms with Gasteiger partial charge < -0.3 is 0 Å². The van der Waals surface area contributed by atoms with Gasteiger partial charge in [0.1, 0.15) is 0 Å². The maximum atomic E-state index is 7.50. The normalized spacial score (nSPS) is 7.53. The Morgan fingerprint density at radius 2 is 1.24 bits per heavy atom. The summed E-state index contributed by atoms with van der Waals surface area (Å²) < 4.78 is 22.5. The largest absolute Gasteiger partial charge is 0 e. The fraction of sp³-hybridized carbons (Fsp3) is 0.308. The van der Waals surface area contributed by atoms with Gasteiger partial charge in [0.25, 0.3) is 0 Å². The van der Waals surface area contributed by atoms with E-state index in [-0.39, 0.29) is 17.1 Å². The zero-order valence-corrected chi connectivity index (χ0v) is 11.5. The van der Waals surface area contributed by atoms with Crippen LogP contribution in [0.5, 0.6) is 0 Å². The van der Waals surface area contributed by atoms with Crippen molar-refractivity contribution in [1.82, 2.24) is 0 Å². The molecular weight excluding hydrogens is 260 g/mol. The van der Waals surface area contributed by atoms with E-state index >= 15 is 0 Å². The monoisotopic (exact) mass is 276 g/mol. The number of allylic oxidation sites excluding steroid dienone is 6. The van der Waals surface area contributed by atoms with Crippen molar-refractivity contribution in [3.63, 3.8) is 0 Å². The molecule has 0 saturated carbocycles. The standard InChI is InChI=1S/C10H16.3CO.Fe/c1-5-10(4)8-6-7-9(2)3;3*1-2;/h5-8H,1-4H3;;;;/b8-6+,10-5+;;;;. The molecule has 0 aromatic heterocycles. The molecular formula is C13H16FeO3. The average molecular weight is 276 g/mol. The van der Waals surface area contributed by atoms with E-state index in [0.717, 1.165) is 0 Å². The van der Waals surface area contributed by atoms with Crippen LogP contribution in [0.15, 0.2) is 35.5 Å². The van der Waals surface area contributed by atoms with E-state index in [4.69, 9.17) is 14.0 Å². The summed E-state index contributed by atoms with van der Waals surface area (Å²) in [4.78, 5) is 0. The first kappa shape index (κ1) is 29.7. The predicted molar refractivity (Wildman–Crippen MR) is 59.8 cm³/mol. The van der Waals surface area contributed by atoms with Crippen molar-refractivity contribution in [2.45, 2.75) is 27.7 Å². The second-order valence-corrected chi connectivity index (χ2v) is 2.64. The first-order chi connectivity index (χ1) is 7.66. The molecule has 0 saturated heterocycles. The molecule has 0 aromatic carbocycles. The molecule has 0 aliphatic heterocycles. The Hall–Kier alpha value is -1.04. The van der Waals surface area contributed by atoms with Gasteiger partial charge in [-0.25, -0.2) is 0 Å². The fourth-order valence-corrected chi connectivity index (χ4v) is 0.489. The van der Waals surface area contributed by atoms with Crippen LogP contribution < -0.4 is 0 Å². The molecule has 0 bridgehead atoms. The molecule has 0 heterocycles. The van der Waals surface area contributed by atoms with Crippen molar-refractivity contribution in [3.8, 4) is 0 Å². The van der Waals surface area contributed by atoms with Gasteiger partial charge in [0.15, 0.2) is 0 Å². The zero-order valence-electron chi connectivity index (χ0n) is 10.4. The Kier molecular flexibility index (Phi) is 63.5. The summed E-state index contributed by atoms with van der Waals surface area (Å²) >= 11 is 0. The quantitative estimate of drug-likeness (QED) is 0.321. The second kappa shape index (κ2) is 36.3. The molecule has 0 spiro atoms. The Balaban J connectivity index is -0.0000000594. The minimum Gasteiger partial charge on any atom is 0 e. The van der Waals surface area contributed by atoms with Crippen molar-refractivity contribution >= 4 is 0 Å². The van der Waals surface area contributed by atoms with E-state index in [9.17, 15) is 0 Å². The predicted octanol–water partition coefficient (Wildman–Crippen LogP) is 3.36. The first-order valence-corrected chi connectivity index (χ1v) is 4.22. The van der Waals surface area contributed by atoms with Crippen LogP contribution in [0, 0.1) is 20.0 Å². The average Bonchev–Trinajstić information content (AvgIpc) is 2.36. The van der Waals surface area contributed by atoms with Gasteiger partial charge in [0, 0.05) is 17.1 Å². The third-order valence-electron chi connectivity index (χ3n) is 1.24. The first-order valence-electron chi connectivity index (χ1n) is 4.22. The summed E-state index contributed by atoms with van der Waals surface area (Å²) in [6, 6.07) is 0. The Labute approximate surface area is 114 Å². The van der Waals surface area contributed by atoms with E-state index in [0.29, 0.717) is 0 Å². The molecule has 0 rings (SSSR count). The van der Waals surface area contributed by atoms with Gasteiger partial charge in [0.05, 0.1) is 0 Å². The molecule has 0 N–H and O–H groups in total. The molecule has 0 aromatic rings. The molecule has 0 atom stereocenters. The van der Waals surface area contributed by atoms with E-state index in [1.807, 2.05) is 6.92 Å². The van der Waals surface area contributed by atoms with Crippen LogP contribution in [0.3, 0.4) is 0 Å². The van der Waals surface area contributed by atoms with E-state index < -0.39 is 0 Å². The van der Waals surface area contributed by atoms with Crippen molar-refractivity contribution < 1.29 is 31.0 Å². The number of hydrogen-bond donors (Lipinski definition) is 0. The van der Waals surface area contributed by atoms with Gasteiger partial charge in [-0.1, -0.05) is 35.5 Å². The number of hydrogen-bond acceptors (Lipinski definition) is 0. The number of rotatable bonds is 2. The molecule has 17 heavy (non-hydrogen) atoms. The minimum atomic E-state index is 0. The van der Waals surface area contributed by atoms with Gasteiger partial charge in [-0.15, -0.1) is 0 Å². The maximum Gasteiger partial charge on any atom is 0 e. The third kappa shape index (κ3) is 51.9. The van der Waals surface area contributed by atoms with Crippen LogP contribution in [0.4, 0.5) is 0 Å². The second-order valence-electron chi connectivity index (χ2n) is 2.64. The fourth-order valence-electron chi connectivity index (χ4n) is 0.489. The molecule has 0 unspecified atom stereocenters. The maximum absolute atomic E-state index is 7.50. The van der Waals surface area contributed by atoms with Crippen LogP contribution >= 0.6 is 0 Å². The summed E-state index contributed by atoms with van der Waals surface area (Å²) in [5.41, 5.74) is 2.64. The summed E-state index contributed by atoms with van der Waals surface area (Å²) in [6.07, 6.45) is 8.38. The van der Waals surface area contributed by atoms with E-state index in [1.54, 1.807) is 0 Å². The SMILES string of the molecule is C/C=C(C)/C=C/C=C(C)C.[C-]#[O+].[C-]#[O+].[C-]#[O+].[Fe]. The molecule has 0 amide bonds. The van der Waals surface area contributed by atoms with Crippen LogP contribution in [-0.2, 0) is 31.0 Å². The molecule has 0 fully saturated rings. The van der Waals surface area contributed by atoms with Gasteiger partial charge in [-0.05, 0) is 27.7 Å². The van der Waals surface area contributed by atoms with Crippen LogP contribution in [0.25, 0.3) is 0 Å². The molecule has 0 aliphatic carbocycles. The van der Waals surface area contributed by atoms with Crippen molar-refractivity contribution in [3.05, 3.63) is 55.4 Å². The van der Waals surface area contributed by atoms with Gasteiger partial charge in [-0.3, -0.25) is 0 Å². The van der Waals surface area contributed by atoms with Crippen LogP contribution in [-0.4, -0.2) is 0 Å². The topological polar surface area (TPSA) is 59.7 Å². The van der Waals surface area contributed by atoms with Gasteiger partial charge >= 0.3 is 33.9 Å². The van der Waals surface area contributed by atoms with Crippen molar-refractivity contribution in [2.24, 2.45) is 0 Å². The Morgan fingerprint density at radius 3 is 1.47 bits per heavy atom. The Morgan fingerprint density at radius 1 is 0.882 bits per heavy atom. The van der Waals surface area contributed by atoms with E-state index in [1.165, 1.54) is 11.1 Å². The molecule has 4 heteroatoms. The smallest absolute Gasteiger partial charge is 0 e. The van der Waals surface area contributed by atoms with E-state index in [2.05, 4.69) is 65.0 Å². The Bertz CT molecular complexity index is 263. The van der Waals surface area contributed by atoms with Crippen LogP contribution in [0.1, 0.15) is 27.7 Å². The van der Waals surface area contributed by atoms with Crippen molar-refractivity contribution in [2.75, 3.05) is 0 Å². The van der Waals surface area contributed by atoms with Crippen LogP contribution in [0.2, 0.25) is 0 Å².